The number of hydrogen-bond donors (Lipinski definition) is 1. The van der Waals surface area contributed by atoms with Gasteiger partial charge in [0.25, 0.3) is 0 Å². The average molecular weight is 362 g/mol. The molecule has 19 heavy (non-hydrogen) atoms. The quantitative estimate of drug-likeness (QED) is 0.809. The average Bonchev–Trinajstić information content (AvgIpc) is 2.82. The first kappa shape index (κ1) is 14.9. The van der Waals surface area contributed by atoms with Gasteiger partial charge in [-0.3, -0.25) is 0 Å². The van der Waals surface area contributed by atoms with Crippen LogP contribution in [0.4, 0.5) is 0 Å². The molecule has 0 aliphatic rings. The fourth-order valence-corrected chi connectivity index (χ4v) is 3.35. The number of aliphatic hydroxyl groups is 1. The minimum absolute atomic E-state index is 0.597. The summed E-state index contributed by atoms with van der Waals surface area (Å²) in [6, 6.07) is 7.38. The largest absolute Gasteiger partial charge is 0.492 e. The van der Waals surface area contributed by atoms with Crippen molar-refractivity contribution in [3.63, 3.8) is 0 Å². The Morgan fingerprint density at radius 1 is 1.42 bits per heavy atom. The molecule has 0 aliphatic heterocycles. The van der Waals surface area contributed by atoms with E-state index < -0.39 is 6.10 Å². The number of hydrogen-bond acceptors (Lipinski definition) is 3. The lowest BCUT2D eigenvalue weighted by Gasteiger charge is -2.13. The third kappa shape index (κ3) is 3.51. The molecular weight excluding hydrogens is 348 g/mol. The second kappa shape index (κ2) is 6.75. The number of halogens is 2. The van der Waals surface area contributed by atoms with Crippen molar-refractivity contribution in [2.24, 2.45) is 0 Å². The van der Waals surface area contributed by atoms with E-state index in [-0.39, 0.29) is 0 Å². The predicted octanol–water partition coefficient (Wildman–Crippen LogP) is 5.03. The van der Waals surface area contributed by atoms with E-state index in [1.807, 2.05) is 23.6 Å². The minimum Gasteiger partial charge on any atom is -0.492 e. The molecule has 0 radical (unpaired) electrons. The van der Waals surface area contributed by atoms with Crippen molar-refractivity contribution in [1.29, 1.82) is 0 Å². The first-order valence-corrected chi connectivity index (χ1v) is 8.01. The highest BCUT2D eigenvalue weighted by molar-refractivity contribution is 9.10. The van der Waals surface area contributed by atoms with Crippen molar-refractivity contribution >= 4 is 38.9 Å². The van der Waals surface area contributed by atoms with Crippen molar-refractivity contribution < 1.29 is 9.84 Å². The summed E-state index contributed by atoms with van der Waals surface area (Å²) in [7, 11) is 0. The molecule has 0 amide bonds. The van der Waals surface area contributed by atoms with E-state index in [0.29, 0.717) is 11.6 Å². The van der Waals surface area contributed by atoms with Crippen LogP contribution in [-0.2, 0) is 0 Å². The van der Waals surface area contributed by atoms with Crippen molar-refractivity contribution in [2.45, 2.75) is 19.4 Å². The lowest BCUT2D eigenvalue weighted by Crippen LogP contribution is -2.00. The molecule has 2 nitrogen and oxygen atoms in total. The van der Waals surface area contributed by atoms with Gasteiger partial charge >= 0.3 is 0 Å². The van der Waals surface area contributed by atoms with Crippen LogP contribution in [0.15, 0.2) is 34.1 Å². The Labute approximate surface area is 130 Å². The lowest BCUT2D eigenvalue weighted by atomic mass is 10.1. The molecular formula is C14H14BrClO2S. The maximum absolute atomic E-state index is 10.3. The maximum Gasteiger partial charge on any atom is 0.133 e. The minimum atomic E-state index is -0.705. The van der Waals surface area contributed by atoms with Crippen LogP contribution in [0.3, 0.4) is 0 Å². The highest BCUT2D eigenvalue weighted by Crippen LogP contribution is 2.35. The molecule has 0 spiro atoms. The number of rotatable bonds is 5. The van der Waals surface area contributed by atoms with Crippen LogP contribution in [0, 0.1) is 0 Å². The monoisotopic (exact) mass is 360 g/mol. The van der Waals surface area contributed by atoms with Crippen molar-refractivity contribution in [3.05, 3.63) is 49.6 Å². The van der Waals surface area contributed by atoms with Gasteiger partial charge in [-0.25, -0.2) is 0 Å². The Bertz CT molecular complexity index is 556. The van der Waals surface area contributed by atoms with E-state index in [4.69, 9.17) is 16.3 Å². The van der Waals surface area contributed by atoms with Crippen molar-refractivity contribution in [2.75, 3.05) is 6.61 Å². The maximum atomic E-state index is 10.3. The van der Waals surface area contributed by atoms with Gasteiger partial charge in [0.1, 0.15) is 11.9 Å². The van der Waals surface area contributed by atoms with E-state index in [1.165, 1.54) is 11.3 Å². The van der Waals surface area contributed by atoms with E-state index in [0.717, 1.165) is 27.1 Å². The third-order valence-electron chi connectivity index (χ3n) is 2.63. The Balaban J connectivity index is 2.22. The topological polar surface area (TPSA) is 29.5 Å². The van der Waals surface area contributed by atoms with Gasteiger partial charge in [0.05, 0.1) is 21.0 Å². The highest BCUT2D eigenvalue weighted by atomic mass is 79.9. The zero-order valence-corrected chi connectivity index (χ0v) is 13.6. The van der Waals surface area contributed by atoms with Gasteiger partial charge in [0, 0.05) is 0 Å². The van der Waals surface area contributed by atoms with Crippen LogP contribution in [0.1, 0.15) is 29.9 Å². The molecule has 1 atom stereocenters. The summed E-state index contributed by atoms with van der Waals surface area (Å²) in [6.45, 7) is 2.74. The lowest BCUT2D eigenvalue weighted by molar-refractivity contribution is 0.224. The van der Waals surface area contributed by atoms with Gasteiger partial charge in [-0.1, -0.05) is 24.6 Å². The Kier molecular flexibility index (Phi) is 5.28. The van der Waals surface area contributed by atoms with Gasteiger partial charge in [-0.2, -0.15) is 0 Å². The second-order valence-corrected chi connectivity index (χ2v) is 6.28. The summed E-state index contributed by atoms with van der Waals surface area (Å²) in [5, 5.41) is 12.8. The summed E-state index contributed by atoms with van der Waals surface area (Å²) in [5.74, 6) is 0.787. The van der Waals surface area contributed by atoms with Crippen LogP contribution < -0.4 is 4.74 Å². The third-order valence-corrected chi connectivity index (χ3v) is 4.66. The fraction of sp³-hybridized carbons (Fsp3) is 0.286. The van der Waals surface area contributed by atoms with Crippen molar-refractivity contribution in [1.82, 2.24) is 0 Å². The van der Waals surface area contributed by atoms with Gasteiger partial charge in [-0.05, 0) is 51.5 Å². The normalized spacial score (nSPS) is 12.4. The number of benzene rings is 1. The molecule has 0 saturated carbocycles. The molecule has 2 rings (SSSR count). The van der Waals surface area contributed by atoms with Crippen LogP contribution in [-0.4, -0.2) is 11.7 Å². The molecule has 0 bridgehead atoms. The molecule has 1 unspecified atom stereocenters. The van der Waals surface area contributed by atoms with Gasteiger partial charge in [0.2, 0.25) is 0 Å². The Morgan fingerprint density at radius 3 is 2.79 bits per heavy atom. The highest BCUT2D eigenvalue weighted by Gasteiger charge is 2.16. The molecule has 2 aromatic rings. The van der Waals surface area contributed by atoms with Gasteiger partial charge in [-0.15, -0.1) is 11.3 Å². The Hall–Kier alpha value is -0.550. The van der Waals surface area contributed by atoms with Crippen LogP contribution >= 0.6 is 38.9 Å². The molecule has 0 saturated heterocycles. The predicted molar refractivity (Wildman–Crippen MR) is 83.3 cm³/mol. The molecule has 1 aromatic heterocycles. The van der Waals surface area contributed by atoms with E-state index in [1.54, 1.807) is 6.07 Å². The molecule has 0 fully saturated rings. The van der Waals surface area contributed by atoms with E-state index in [9.17, 15) is 5.11 Å². The molecule has 102 valence electrons. The van der Waals surface area contributed by atoms with E-state index in [2.05, 4.69) is 22.9 Å². The summed E-state index contributed by atoms with van der Waals surface area (Å²) in [6.07, 6.45) is 0.255. The molecule has 0 aliphatic carbocycles. The van der Waals surface area contributed by atoms with Gasteiger partial charge in [0.15, 0.2) is 0 Å². The fourth-order valence-electron chi connectivity index (χ4n) is 1.67. The van der Waals surface area contributed by atoms with Gasteiger partial charge < -0.3 is 9.84 Å². The second-order valence-electron chi connectivity index (χ2n) is 4.07. The SMILES string of the molecule is CCCOc1ccc(C(O)c2sccc2Cl)cc1Br. The van der Waals surface area contributed by atoms with E-state index >= 15 is 0 Å². The standard InChI is InChI=1S/C14H14BrClO2S/c1-2-6-18-12-4-3-9(8-10(12)15)13(17)14-11(16)5-7-19-14/h3-5,7-8,13,17H,2,6H2,1H3. The van der Waals surface area contributed by atoms with Crippen LogP contribution in [0.5, 0.6) is 5.75 Å². The van der Waals surface area contributed by atoms with Crippen LogP contribution in [0.2, 0.25) is 5.02 Å². The number of ether oxygens (including phenoxy) is 1. The summed E-state index contributed by atoms with van der Waals surface area (Å²) >= 11 is 10.9. The smallest absolute Gasteiger partial charge is 0.133 e. The molecule has 5 heteroatoms. The first-order valence-electron chi connectivity index (χ1n) is 5.96. The summed E-state index contributed by atoms with van der Waals surface area (Å²) in [5.41, 5.74) is 0.792. The molecule has 1 heterocycles. The number of aliphatic hydroxyl groups excluding tert-OH is 1. The van der Waals surface area contributed by atoms with Crippen LogP contribution in [0.25, 0.3) is 0 Å². The zero-order valence-electron chi connectivity index (χ0n) is 10.4. The Morgan fingerprint density at radius 2 is 2.21 bits per heavy atom. The summed E-state index contributed by atoms with van der Waals surface area (Å²) in [4.78, 5) is 0.760. The number of thiophene rings is 1. The summed E-state index contributed by atoms with van der Waals surface area (Å²) < 4.78 is 6.42. The first-order chi connectivity index (χ1) is 9.13. The molecule has 1 N–H and O–H groups in total. The van der Waals surface area contributed by atoms with Crippen molar-refractivity contribution in [3.8, 4) is 5.75 Å². The molecule has 1 aromatic carbocycles. The zero-order chi connectivity index (χ0) is 13.8.